The number of hydrogen-bond donors (Lipinski definition) is 3. The van der Waals surface area contributed by atoms with Crippen LogP contribution in [0.3, 0.4) is 0 Å². The zero-order valence-corrected chi connectivity index (χ0v) is 13.4. The van der Waals surface area contributed by atoms with E-state index >= 15 is 0 Å². The Balaban J connectivity index is 2.35. The number of aromatic nitrogens is 1. The van der Waals surface area contributed by atoms with Crippen molar-refractivity contribution in [3.8, 4) is 5.75 Å². The summed E-state index contributed by atoms with van der Waals surface area (Å²) in [5, 5.41) is 0. The molecule has 1 aromatic heterocycles. The Morgan fingerprint density at radius 3 is 2.52 bits per heavy atom. The van der Waals surface area contributed by atoms with Crippen LogP contribution in [0.25, 0.3) is 0 Å². The minimum absolute atomic E-state index is 0.0548. The summed E-state index contributed by atoms with van der Waals surface area (Å²) in [5.41, 5.74) is 2.66. The van der Waals surface area contributed by atoms with Gasteiger partial charge in [-0.25, -0.2) is 19.2 Å². The second kappa shape index (κ2) is 6.29. The molecule has 0 aliphatic carbocycles. The Morgan fingerprint density at radius 2 is 1.95 bits per heavy atom. The van der Waals surface area contributed by atoms with Crippen molar-refractivity contribution in [1.82, 2.24) is 4.98 Å². The summed E-state index contributed by atoms with van der Waals surface area (Å²) < 4.78 is 32.8. The molecule has 4 N–H and O–H groups in total. The van der Waals surface area contributed by atoms with Crippen LogP contribution in [0, 0.1) is 0 Å². The molecule has 0 unspecified atom stereocenters. The Hall–Kier alpha value is -1.84. The lowest BCUT2D eigenvalue weighted by atomic mass is 10.3. The molecule has 0 bridgehead atoms. The molecule has 0 fully saturated rings. The van der Waals surface area contributed by atoms with Crippen LogP contribution in [0.5, 0.6) is 5.75 Å². The Bertz CT molecular complexity index is 735. The van der Waals surface area contributed by atoms with Gasteiger partial charge < -0.3 is 10.2 Å². The second-order valence-electron chi connectivity index (χ2n) is 3.98. The monoisotopic (exact) mass is 372 g/mol. The summed E-state index contributed by atoms with van der Waals surface area (Å²) in [5.74, 6) is 5.98. The number of hydrogen-bond acceptors (Lipinski definition) is 6. The van der Waals surface area contributed by atoms with Gasteiger partial charge in [0.25, 0.3) is 10.0 Å². The van der Waals surface area contributed by atoms with Crippen LogP contribution >= 0.6 is 15.9 Å². The van der Waals surface area contributed by atoms with Gasteiger partial charge in [-0.15, -0.1) is 0 Å². The molecule has 7 nitrogen and oxygen atoms in total. The highest BCUT2D eigenvalue weighted by molar-refractivity contribution is 9.10. The van der Waals surface area contributed by atoms with E-state index in [2.05, 4.69) is 31.1 Å². The van der Waals surface area contributed by atoms with Crippen LogP contribution in [-0.4, -0.2) is 20.5 Å². The molecule has 2 aromatic rings. The zero-order valence-electron chi connectivity index (χ0n) is 11.0. The van der Waals surface area contributed by atoms with Crippen LogP contribution < -0.4 is 20.7 Å². The summed E-state index contributed by atoms with van der Waals surface area (Å²) in [7, 11) is -2.29. The maximum Gasteiger partial charge on any atom is 0.265 e. The summed E-state index contributed by atoms with van der Waals surface area (Å²) >= 11 is 3.18. The summed E-state index contributed by atoms with van der Waals surface area (Å²) in [4.78, 5) is 3.85. The number of nitrogens with one attached hydrogen (secondary N) is 2. The fourth-order valence-corrected chi connectivity index (χ4v) is 3.29. The number of pyridine rings is 1. The Kier molecular flexibility index (Phi) is 4.66. The third kappa shape index (κ3) is 3.63. The molecule has 2 rings (SSSR count). The summed E-state index contributed by atoms with van der Waals surface area (Å²) in [6.45, 7) is 0. The van der Waals surface area contributed by atoms with E-state index in [0.717, 1.165) is 0 Å². The van der Waals surface area contributed by atoms with Crippen molar-refractivity contribution in [2.75, 3.05) is 17.3 Å². The maximum absolute atomic E-state index is 12.4. The number of rotatable bonds is 5. The fourth-order valence-electron chi connectivity index (χ4n) is 1.60. The van der Waals surface area contributed by atoms with E-state index < -0.39 is 10.0 Å². The average molecular weight is 373 g/mol. The normalized spacial score (nSPS) is 11.0. The lowest BCUT2D eigenvalue weighted by Gasteiger charge is -2.11. The fraction of sp³-hybridized carbons (Fsp3) is 0.0833. The van der Waals surface area contributed by atoms with Gasteiger partial charge >= 0.3 is 0 Å². The number of methoxy groups -OCH3 is 1. The molecule has 112 valence electrons. The number of ether oxygens (including phenoxy) is 1. The molecular formula is C12H13BrN4O3S. The average Bonchev–Trinajstić information content (AvgIpc) is 2.47. The molecule has 0 amide bonds. The highest BCUT2D eigenvalue weighted by atomic mass is 79.9. The number of sulfonamides is 1. The van der Waals surface area contributed by atoms with Crippen molar-refractivity contribution in [3.05, 3.63) is 41.0 Å². The van der Waals surface area contributed by atoms with Crippen molar-refractivity contribution in [1.29, 1.82) is 0 Å². The standard InChI is InChI=1S/C12H13BrN4O3S/c1-20-10-4-2-9(3-5-10)17-21(18,19)11-6-8(13)7-15-12(11)16-14/h2-7,17H,14H2,1H3,(H,15,16). The first-order valence-corrected chi connectivity index (χ1v) is 8.03. The van der Waals surface area contributed by atoms with Crippen LogP contribution in [0.1, 0.15) is 0 Å². The topological polar surface area (TPSA) is 106 Å². The van der Waals surface area contributed by atoms with E-state index in [1.807, 2.05) is 0 Å². The lowest BCUT2D eigenvalue weighted by Crippen LogP contribution is -2.18. The number of anilines is 2. The van der Waals surface area contributed by atoms with Crippen molar-refractivity contribution >= 4 is 37.5 Å². The largest absolute Gasteiger partial charge is 0.497 e. The molecule has 21 heavy (non-hydrogen) atoms. The molecule has 0 spiro atoms. The van der Waals surface area contributed by atoms with Gasteiger partial charge in [-0.1, -0.05) is 0 Å². The molecule has 9 heteroatoms. The van der Waals surface area contributed by atoms with Gasteiger partial charge in [0.05, 0.1) is 7.11 Å². The summed E-state index contributed by atoms with van der Waals surface area (Å²) in [6, 6.07) is 7.90. The SMILES string of the molecule is COc1ccc(NS(=O)(=O)c2cc(Br)cnc2NN)cc1. The molecule has 0 atom stereocenters. The first-order valence-electron chi connectivity index (χ1n) is 5.75. The third-order valence-electron chi connectivity index (χ3n) is 2.59. The van der Waals surface area contributed by atoms with Gasteiger partial charge in [-0.3, -0.25) is 4.72 Å². The minimum Gasteiger partial charge on any atom is -0.497 e. The van der Waals surface area contributed by atoms with Gasteiger partial charge in [0.2, 0.25) is 0 Å². The molecule has 1 aromatic carbocycles. The predicted octanol–water partition coefficient (Wildman–Crippen LogP) is 1.94. The molecule has 0 saturated heterocycles. The summed E-state index contributed by atoms with van der Waals surface area (Å²) in [6.07, 6.45) is 1.45. The number of hydrazine groups is 1. The van der Waals surface area contributed by atoms with Crippen molar-refractivity contribution in [3.63, 3.8) is 0 Å². The van der Waals surface area contributed by atoms with Gasteiger partial charge in [0, 0.05) is 16.4 Å². The van der Waals surface area contributed by atoms with Crippen molar-refractivity contribution in [2.24, 2.45) is 5.84 Å². The Morgan fingerprint density at radius 1 is 1.29 bits per heavy atom. The molecule has 0 saturated carbocycles. The van der Waals surface area contributed by atoms with Crippen molar-refractivity contribution < 1.29 is 13.2 Å². The highest BCUT2D eigenvalue weighted by Gasteiger charge is 2.20. The van der Waals surface area contributed by atoms with Crippen molar-refractivity contribution in [2.45, 2.75) is 4.90 Å². The number of halogens is 1. The third-order valence-corrected chi connectivity index (χ3v) is 4.42. The molecule has 0 aliphatic heterocycles. The van der Waals surface area contributed by atoms with Gasteiger partial charge in [0.1, 0.15) is 10.6 Å². The number of benzene rings is 1. The number of nitrogens with two attached hydrogens (primary N) is 1. The van der Waals surface area contributed by atoms with Gasteiger partial charge in [-0.2, -0.15) is 0 Å². The maximum atomic E-state index is 12.4. The van der Waals surface area contributed by atoms with E-state index in [1.54, 1.807) is 24.3 Å². The van der Waals surface area contributed by atoms with E-state index in [-0.39, 0.29) is 10.7 Å². The smallest absolute Gasteiger partial charge is 0.265 e. The first-order chi connectivity index (χ1) is 9.96. The van der Waals surface area contributed by atoms with E-state index in [0.29, 0.717) is 15.9 Å². The molecular weight excluding hydrogens is 360 g/mol. The molecule has 0 radical (unpaired) electrons. The van der Waals surface area contributed by atoms with Gasteiger partial charge in [-0.05, 0) is 46.3 Å². The Labute approximate surface area is 130 Å². The van der Waals surface area contributed by atoms with Crippen LogP contribution in [-0.2, 0) is 10.0 Å². The van der Waals surface area contributed by atoms with E-state index in [9.17, 15) is 8.42 Å². The van der Waals surface area contributed by atoms with E-state index in [4.69, 9.17) is 10.6 Å². The van der Waals surface area contributed by atoms with Crippen LogP contribution in [0.2, 0.25) is 0 Å². The minimum atomic E-state index is -3.82. The molecule has 0 aliphatic rings. The first kappa shape index (κ1) is 15.5. The molecule has 1 heterocycles. The van der Waals surface area contributed by atoms with Gasteiger partial charge in [0.15, 0.2) is 5.82 Å². The predicted molar refractivity (Wildman–Crippen MR) is 83.5 cm³/mol. The number of nitrogens with zero attached hydrogens (tertiary/aromatic N) is 1. The zero-order chi connectivity index (χ0) is 15.5. The number of nitrogen functional groups attached to an aromatic ring is 1. The highest BCUT2D eigenvalue weighted by Crippen LogP contribution is 2.25. The van der Waals surface area contributed by atoms with Crippen LogP contribution in [0.15, 0.2) is 45.9 Å². The second-order valence-corrected chi connectivity index (χ2v) is 6.55. The van der Waals surface area contributed by atoms with Crippen LogP contribution in [0.4, 0.5) is 11.5 Å². The lowest BCUT2D eigenvalue weighted by molar-refractivity contribution is 0.415. The van der Waals surface area contributed by atoms with E-state index in [1.165, 1.54) is 19.4 Å². The quantitative estimate of drug-likeness (QED) is 0.546.